The zero-order valence-corrected chi connectivity index (χ0v) is 16.3. The zero-order chi connectivity index (χ0) is 18.8. The number of rotatable bonds is 4. The molecule has 1 unspecified atom stereocenters. The van der Waals surface area contributed by atoms with Crippen LogP contribution in [0.25, 0.3) is 0 Å². The van der Waals surface area contributed by atoms with E-state index in [0.717, 1.165) is 31.8 Å². The monoisotopic (exact) mass is 371 g/mol. The Kier molecular flexibility index (Phi) is 4.28. The number of likely N-dealkylation sites (tertiary alicyclic amines) is 2. The van der Waals surface area contributed by atoms with Crippen molar-refractivity contribution in [3.8, 4) is 5.75 Å². The highest BCUT2D eigenvalue weighted by Crippen LogP contribution is 2.54. The molecule has 2 saturated heterocycles. The van der Waals surface area contributed by atoms with E-state index in [1.54, 1.807) is 0 Å². The number of piperidine rings is 2. The second kappa shape index (κ2) is 6.45. The van der Waals surface area contributed by atoms with Gasteiger partial charge in [0.25, 0.3) is 0 Å². The highest BCUT2D eigenvalue weighted by atomic mass is 16.3. The Labute approximate surface area is 162 Å². The standard InChI is InChI=1S/C22H33N3O2/c1-14(23)21(27)25-9-7-22-6-8-24(12-15-2-3-15)20(19(22)13-25)10-16-4-5-17(26)11-18(16)22/h4-5,11,14-15,19-21,26-27H,2-3,6-10,12-13,23H2,1H3/t14-,19-,20+,21?,22+/m0/s1. The average Bonchev–Trinajstić information content (AvgIpc) is 3.47. The molecule has 148 valence electrons. The summed E-state index contributed by atoms with van der Waals surface area (Å²) in [6.45, 7) is 6.08. The first-order valence-electron chi connectivity index (χ1n) is 10.7. The van der Waals surface area contributed by atoms with Gasteiger partial charge in [-0.25, -0.2) is 0 Å². The maximum Gasteiger partial charge on any atom is 0.122 e. The van der Waals surface area contributed by atoms with E-state index in [1.807, 2.05) is 19.1 Å². The number of aliphatic hydroxyl groups is 1. The number of phenolic OH excluding ortho intramolecular Hbond substituents is 1. The van der Waals surface area contributed by atoms with Crippen LogP contribution in [0.15, 0.2) is 18.2 Å². The van der Waals surface area contributed by atoms with Crippen LogP contribution in [0.2, 0.25) is 0 Å². The lowest BCUT2D eigenvalue weighted by Gasteiger charge is -2.61. The molecule has 2 heterocycles. The van der Waals surface area contributed by atoms with Crippen molar-refractivity contribution in [3.05, 3.63) is 29.3 Å². The van der Waals surface area contributed by atoms with E-state index in [1.165, 1.54) is 43.5 Å². The number of aromatic hydroxyl groups is 1. The predicted octanol–water partition coefficient (Wildman–Crippen LogP) is 1.66. The lowest BCUT2D eigenvalue weighted by Crippen LogP contribution is -2.67. The molecule has 3 fully saturated rings. The first kappa shape index (κ1) is 17.9. The summed E-state index contributed by atoms with van der Waals surface area (Å²) in [6, 6.07) is 6.35. The largest absolute Gasteiger partial charge is 0.508 e. The van der Waals surface area contributed by atoms with Crippen LogP contribution in [0.4, 0.5) is 0 Å². The molecular formula is C22H33N3O2. The molecular weight excluding hydrogens is 338 g/mol. The third-order valence-electron chi connectivity index (χ3n) is 7.86. The van der Waals surface area contributed by atoms with Crippen LogP contribution in [-0.2, 0) is 11.8 Å². The minimum atomic E-state index is -0.564. The van der Waals surface area contributed by atoms with Crippen molar-refractivity contribution >= 4 is 0 Å². The Balaban J connectivity index is 1.52. The number of phenols is 1. The second-order valence-electron chi connectivity index (χ2n) is 9.58. The predicted molar refractivity (Wildman–Crippen MR) is 106 cm³/mol. The molecule has 5 rings (SSSR count). The number of fused-ring (bicyclic) bond motifs is 1. The number of benzene rings is 1. The number of nitrogens with zero attached hydrogens (tertiary/aromatic N) is 2. The van der Waals surface area contributed by atoms with Gasteiger partial charge in [-0.05, 0) is 80.7 Å². The van der Waals surface area contributed by atoms with E-state index in [2.05, 4.69) is 15.9 Å². The Bertz CT molecular complexity index is 720. The molecule has 0 amide bonds. The summed E-state index contributed by atoms with van der Waals surface area (Å²) in [5.41, 5.74) is 8.96. The van der Waals surface area contributed by atoms with Gasteiger partial charge in [0.1, 0.15) is 12.0 Å². The summed E-state index contributed by atoms with van der Waals surface area (Å²) >= 11 is 0. The van der Waals surface area contributed by atoms with Crippen molar-refractivity contribution in [2.45, 2.75) is 62.8 Å². The van der Waals surface area contributed by atoms with E-state index >= 15 is 0 Å². The van der Waals surface area contributed by atoms with Crippen LogP contribution in [0.1, 0.15) is 43.7 Å². The van der Waals surface area contributed by atoms with Crippen LogP contribution in [-0.4, -0.2) is 64.5 Å². The van der Waals surface area contributed by atoms with Crippen LogP contribution in [0.3, 0.4) is 0 Å². The molecule has 5 atom stereocenters. The van der Waals surface area contributed by atoms with E-state index < -0.39 is 6.23 Å². The zero-order valence-electron chi connectivity index (χ0n) is 16.3. The van der Waals surface area contributed by atoms with E-state index in [9.17, 15) is 10.2 Å². The Hall–Kier alpha value is -1.14. The third-order valence-corrected chi connectivity index (χ3v) is 7.86. The van der Waals surface area contributed by atoms with E-state index in [4.69, 9.17) is 5.73 Å². The SMILES string of the molecule is C[C@H](N)C(O)N1CC[C@]23CCN(CC4CC4)[C@H](Cc4ccc(O)cc42)[C@@H]3C1. The molecule has 5 heteroatoms. The van der Waals surface area contributed by atoms with Gasteiger partial charge in [-0.3, -0.25) is 9.80 Å². The molecule has 2 aliphatic carbocycles. The summed E-state index contributed by atoms with van der Waals surface area (Å²) in [5, 5.41) is 20.8. The van der Waals surface area contributed by atoms with Gasteiger partial charge in [-0.1, -0.05) is 6.07 Å². The van der Waals surface area contributed by atoms with Gasteiger partial charge >= 0.3 is 0 Å². The normalized spacial score (nSPS) is 36.0. The lowest BCUT2D eigenvalue weighted by molar-refractivity contribution is -0.0949. The van der Waals surface area contributed by atoms with Crippen molar-refractivity contribution in [2.75, 3.05) is 26.2 Å². The van der Waals surface area contributed by atoms with Crippen LogP contribution in [0, 0.1) is 11.8 Å². The third kappa shape index (κ3) is 2.91. The number of aliphatic hydroxyl groups excluding tert-OH is 1. The topological polar surface area (TPSA) is 73.0 Å². The van der Waals surface area contributed by atoms with Gasteiger partial charge in [0, 0.05) is 37.1 Å². The van der Waals surface area contributed by atoms with Crippen LogP contribution >= 0.6 is 0 Å². The molecule has 27 heavy (non-hydrogen) atoms. The summed E-state index contributed by atoms with van der Waals surface area (Å²) in [4.78, 5) is 4.95. The first-order chi connectivity index (χ1) is 13.0. The number of hydrogen-bond donors (Lipinski definition) is 3. The molecule has 0 radical (unpaired) electrons. The molecule has 0 spiro atoms. The van der Waals surface area contributed by atoms with Crippen molar-refractivity contribution in [2.24, 2.45) is 17.6 Å². The molecule has 0 aromatic heterocycles. The minimum Gasteiger partial charge on any atom is -0.508 e. The number of nitrogens with two attached hydrogens (primary N) is 1. The highest BCUT2D eigenvalue weighted by molar-refractivity contribution is 5.45. The van der Waals surface area contributed by atoms with Gasteiger partial charge in [0.2, 0.25) is 0 Å². The molecule has 1 aromatic carbocycles. The van der Waals surface area contributed by atoms with Gasteiger partial charge in [0.15, 0.2) is 0 Å². The summed E-state index contributed by atoms with van der Waals surface area (Å²) < 4.78 is 0. The van der Waals surface area contributed by atoms with Crippen molar-refractivity contribution in [1.29, 1.82) is 0 Å². The Morgan fingerprint density at radius 2 is 2.04 bits per heavy atom. The van der Waals surface area contributed by atoms with Crippen molar-refractivity contribution in [1.82, 2.24) is 9.80 Å². The fourth-order valence-corrected chi connectivity index (χ4v) is 6.21. The molecule has 2 bridgehead atoms. The summed E-state index contributed by atoms with van der Waals surface area (Å²) in [6.07, 6.45) is 5.49. The van der Waals surface area contributed by atoms with Gasteiger partial charge < -0.3 is 15.9 Å². The molecule has 1 aromatic rings. The smallest absolute Gasteiger partial charge is 0.122 e. The quantitative estimate of drug-likeness (QED) is 0.751. The highest BCUT2D eigenvalue weighted by Gasteiger charge is 2.56. The fraction of sp³-hybridized carbons (Fsp3) is 0.727. The summed E-state index contributed by atoms with van der Waals surface area (Å²) in [7, 11) is 0. The van der Waals surface area contributed by atoms with Crippen LogP contribution in [0.5, 0.6) is 5.75 Å². The molecule has 4 N–H and O–H groups in total. The number of hydrogen-bond acceptors (Lipinski definition) is 5. The van der Waals surface area contributed by atoms with Gasteiger partial charge in [-0.15, -0.1) is 0 Å². The Morgan fingerprint density at radius 1 is 1.26 bits per heavy atom. The minimum absolute atomic E-state index is 0.144. The first-order valence-corrected chi connectivity index (χ1v) is 10.7. The summed E-state index contributed by atoms with van der Waals surface area (Å²) in [5.74, 6) is 1.79. The fourth-order valence-electron chi connectivity index (χ4n) is 6.21. The molecule has 5 nitrogen and oxygen atoms in total. The van der Waals surface area contributed by atoms with Gasteiger partial charge in [-0.2, -0.15) is 0 Å². The van der Waals surface area contributed by atoms with Gasteiger partial charge in [0.05, 0.1) is 0 Å². The van der Waals surface area contributed by atoms with E-state index in [0.29, 0.717) is 17.7 Å². The Morgan fingerprint density at radius 3 is 2.78 bits per heavy atom. The van der Waals surface area contributed by atoms with Crippen molar-refractivity contribution in [3.63, 3.8) is 0 Å². The molecule has 2 aliphatic heterocycles. The molecule has 4 aliphatic rings. The maximum atomic E-state index is 10.6. The average molecular weight is 372 g/mol. The van der Waals surface area contributed by atoms with Crippen molar-refractivity contribution < 1.29 is 10.2 Å². The maximum absolute atomic E-state index is 10.6. The van der Waals surface area contributed by atoms with Crippen LogP contribution < -0.4 is 5.73 Å². The van der Waals surface area contributed by atoms with E-state index in [-0.39, 0.29) is 11.5 Å². The lowest BCUT2D eigenvalue weighted by atomic mass is 9.54. The second-order valence-corrected chi connectivity index (χ2v) is 9.58. The molecule has 1 saturated carbocycles.